The molecule has 0 aromatic heterocycles. The molecule has 3 heteroatoms. The second kappa shape index (κ2) is 6.46. The minimum atomic E-state index is 0.196. The van der Waals surface area contributed by atoms with E-state index in [-0.39, 0.29) is 5.92 Å². The third-order valence-corrected chi connectivity index (χ3v) is 3.48. The van der Waals surface area contributed by atoms with E-state index in [1.807, 2.05) is 0 Å². The third-order valence-electron chi connectivity index (χ3n) is 2.47. The van der Waals surface area contributed by atoms with E-state index in [0.29, 0.717) is 18.1 Å². The van der Waals surface area contributed by atoms with Gasteiger partial charge in [-0.25, -0.2) is 0 Å². The van der Waals surface area contributed by atoms with E-state index in [0.717, 1.165) is 24.7 Å². The van der Waals surface area contributed by atoms with Gasteiger partial charge in [0.05, 0.1) is 12.4 Å². The van der Waals surface area contributed by atoms with Crippen molar-refractivity contribution in [3.8, 4) is 0 Å². The quantitative estimate of drug-likeness (QED) is 0.638. The number of carbonyl (C=O) groups excluding carboxylic acids is 1. The van der Waals surface area contributed by atoms with Gasteiger partial charge in [-0.05, 0) is 24.5 Å². The van der Waals surface area contributed by atoms with Gasteiger partial charge in [-0.1, -0.05) is 13.8 Å². The van der Waals surface area contributed by atoms with Crippen molar-refractivity contribution in [2.75, 3.05) is 24.7 Å². The molecule has 1 aliphatic rings. The van der Waals surface area contributed by atoms with E-state index < -0.39 is 0 Å². The third kappa shape index (κ3) is 4.47. The lowest BCUT2D eigenvalue weighted by Gasteiger charge is -2.07. The number of Topliss-reactive ketones (excluding diaryl/α,β-unsaturated/α-hetero) is 1. The highest BCUT2D eigenvalue weighted by atomic mass is 32.2. The Hall–Kier alpha value is -0.0200. The maximum Gasteiger partial charge on any atom is 0.148 e. The second-order valence-corrected chi connectivity index (χ2v) is 5.37. The normalized spacial score (nSPS) is 21.8. The summed E-state index contributed by atoms with van der Waals surface area (Å²) in [5.41, 5.74) is 0. The van der Waals surface area contributed by atoms with E-state index in [9.17, 15) is 4.79 Å². The Morgan fingerprint density at radius 1 is 1.57 bits per heavy atom. The SMILES string of the molecule is CC(C)CCSCC(=O)C1CCOC1. The Labute approximate surface area is 90.8 Å². The fourth-order valence-corrected chi connectivity index (χ4v) is 2.62. The predicted octanol–water partition coefficient (Wildman–Crippen LogP) is 2.37. The number of rotatable bonds is 6. The van der Waals surface area contributed by atoms with Crippen molar-refractivity contribution >= 4 is 17.5 Å². The molecule has 0 radical (unpaired) electrons. The molecule has 0 aromatic carbocycles. The molecule has 2 nitrogen and oxygen atoms in total. The topological polar surface area (TPSA) is 26.3 Å². The van der Waals surface area contributed by atoms with Gasteiger partial charge in [0.25, 0.3) is 0 Å². The lowest BCUT2D eigenvalue weighted by molar-refractivity contribution is -0.120. The first kappa shape index (κ1) is 12.1. The first-order valence-electron chi connectivity index (χ1n) is 5.38. The van der Waals surface area contributed by atoms with Crippen LogP contribution in [0.1, 0.15) is 26.7 Å². The summed E-state index contributed by atoms with van der Waals surface area (Å²) in [5.74, 6) is 3.11. The number of ketones is 1. The predicted molar refractivity (Wildman–Crippen MR) is 60.7 cm³/mol. The summed E-state index contributed by atoms with van der Waals surface area (Å²) in [6.07, 6.45) is 2.14. The Balaban J connectivity index is 2.03. The molecule has 1 saturated heterocycles. The van der Waals surface area contributed by atoms with Crippen LogP contribution < -0.4 is 0 Å². The van der Waals surface area contributed by atoms with E-state index >= 15 is 0 Å². The van der Waals surface area contributed by atoms with Crippen molar-refractivity contribution in [1.29, 1.82) is 0 Å². The summed E-state index contributed by atoms with van der Waals surface area (Å²) in [5, 5.41) is 0. The molecule has 1 heterocycles. The maximum absolute atomic E-state index is 11.6. The van der Waals surface area contributed by atoms with Gasteiger partial charge in [-0.15, -0.1) is 0 Å². The molecule has 0 spiro atoms. The summed E-state index contributed by atoms with van der Waals surface area (Å²) in [6.45, 7) is 5.86. The summed E-state index contributed by atoms with van der Waals surface area (Å²) in [6, 6.07) is 0. The Morgan fingerprint density at radius 3 is 2.93 bits per heavy atom. The highest BCUT2D eigenvalue weighted by Crippen LogP contribution is 2.17. The summed E-state index contributed by atoms with van der Waals surface area (Å²) in [4.78, 5) is 11.6. The van der Waals surface area contributed by atoms with Crippen molar-refractivity contribution in [3.63, 3.8) is 0 Å². The van der Waals surface area contributed by atoms with Crippen LogP contribution in [0.5, 0.6) is 0 Å². The van der Waals surface area contributed by atoms with E-state index in [1.165, 1.54) is 6.42 Å². The van der Waals surface area contributed by atoms with Crippen molar-refractivity contribution in [2.24, 2.45) is 11.8 Å². The molecule has 1 fully saturated rings. The highest BCUT2D eigenvalue weighted by molar-refractivity contribution is 7.99. The number of ether oxygens (including phenoxy) is 1. The zero-order valence-electron chi connectivity index (χ0n) is 9.12. The first-order chi connectivity index (χ1) is 6.70. The lowest BCUT2D eigenvalue weighted by Crippen LogP contribution is -2.16. The molecule has 1 rings (SSSR count). The standard InChI is InChI=1S/C11H20O2S/c1-9(2)4-6-14-8-11(12)10-3-5-13-7-10/h9-10H,3-8H2,1-2H3. The molecule has 1 unspecified atom stereocenters. The van der Waals surface area contributed by atoms with Gasteiger partial charge in [0.1, 0.15) is 5.78 Å². The molecular formula is C11H20O2S. The van der Waals surface area contributed by atoms with Crippen LogP contribution in [0.15, 0.2) is 0 Å². The van der Waals surface area contributed by atoms with Crippen LogP contribution >= 0.6 is 11.8 Å². The average molecular weight is 216 g/mol. The van der Waals surface area contributed by atoms with Gasteiger partial charge in [-0.2, -0.15) is 11.8 Å². The van der Waals surface area contributed by atoms with Crippen LogP contribution in [-0.2, 0) is 9.53 Å². The van der Waals surface area contributed by atoms with E-state index in [2.05, 4.69) is 13.8 Å². The smallest absolute Gasteiger partial charge is 0.148 e. The van der Waals surface area contributed by atoms with Crippen LogP contribution in [0.3, 0.4) is 0 Å². The molecule has 0 saturated carbocycles. The van der Waals surface area contributed by atoms with Crippen LogP contribution in [-0.4, -0.2) is 30.5 Å². The van der Waals surface area contributed by atoms with Crippen molar-refractivity contribution in [1.82, 2.24) is 0 Å². The van der Waals surface area contributed by atoms with Crippen LogP contribution in [0.4, 0.5) is 0 Å². The van der Waals surface area contributed by atoms with Crippen LogP contribution in [0.25, 0.3) is 0 Å². The Bertz CT molecular complexity index is 174. The van der Waals surface area contributed by atoms with E-state index in [1.54, 1.807) is 11.8 Å². The fraction of sp³-hybridized carbons (Fsp3) is 0.909. The average Bonchev–Trinajstić information content (AvgIpc) is 2.64. The monoisotopic (exact) mass is 216 g/mol. The molecule has 0 amide bonds. The number of thioether (sulfide) groups is 1. The van der Waals surface area contributed by atoms with Crippen molar-refractivity contribution in [3.05, 3.63) is 0 Å². The van der Waals surface area contributed by atoms with Crippen molar-refractivity contribution < 1.29 is 9.53 Å². The molecular weight excluding hydrogens is 196 g/mol. The molecule has 1 atom stereocenters. The van der Waals surface area contributed by atoms with Crippen LogP contribution in [0, 0.1) is 11.8 Å². The Morgan fingerprint density at radius 2 is 2.36 bits per heavy atom. The van der Waals surface area contributed by atoms with Gasteiger partial charge >= 0.3 is 0 Å². The second-order valence-electron chi connectivity index (χ2n) is 4.26. The van der Waals surface area contributed by atoms with Gasteiger partial charge < -0.3 is 4.74 Å². The zero-order valence-corrected chi connectivity index (χ0v) is 9.94. The maximum atomic E-state index is 11.6. The highest BCUT2D eigenvalue weighted by Gasteiger charge is 2.22. The first-order valence-corrected chi connectivity index (χ1v) is 6.54. The summed E-state index contributed by atoms with van der Waals surface area (Å²) in [7, 11) is 0. The largest absolute Gasteiger partial charge is 0.381 e. The minimum absolute atomic E-state index is 0.196. The fourth-order valence-electron chi connectivity index (χ4n) is 1.40. The molecule has 0 bridgehead atoms. The molecule has 0 aliphatic carbocycles. The molecule has 82 valence electrons. The Kier molecular flexibility index (Phi) is 5.56. The summed E-state index contributed by atoms with van der Waals surface area (Å²) < 4.78 is 5.19. The molecule has 0 N–H and O–H groups in total. The lowest BCUT2D eigenvalue weighted by atomic mass is 10.1. The number of hydrogen-bond donors (Lipinski definition) is 0. The van der Waals surface area contributed by atoms with Crippen molar-refractivity contribution in [2.45, 2.75) is 26.7 Å². The van der Waals surface area contributed by atoms with Gasteiger partial charge in [0.15, 0.2) is 0 Å². The number of hydrogen-bond acceptors (Lipinski definition) is 3. The van der Waals surface area contributed by atoms with Gasteiger partial charge in [0, 0.05) is 12.5 Å². The summed E-state index contributed by atoms with van der Waals surface area (Å²) >= 11 is 1.77. The zero-order chi connectivity index (χ0) is 10.4. The minimum Gasteiger partial charge on any atom is -0.381 e. The molecule has 14 heavy (non-hydrogen) atoms. The van der Waals surface area contributed by atoms with Gasteiger partial charge in [0.2, 0.25) is 0 Å². The molecule has 1 aliphatic heterocycles. The number of carbonyl (C=O) groups is 1. The van der Waals surface area contributed by atoms with Crippen LogP contribution in [0.2, 0.25) is 0 Å². The van der Waals surface area contributed by atoms with E-state index in [4.69, 9.17) is 4.74 Å². The van der Waals surface area contributed by atoms with Gasteiger partial charge in [-0.3, -0.25) is 4.79 Å². The molecule has 0 aromatic rings.